The second-order valence-electron chi connectivity index (χ2n) is 5.44. The van der Waals surface area contributed by atoms with E-state index in [0.717, 1.165) is 38.4 Å². The Bertz CT molecular complexity index is 615. The van der Waals surface area contributed by atoms with Crippen LogP contribution in [-0.4, -0.2) is 53.6 Å². The third-order valence-electron chi connectivity index (χ3n) is 3.85. The molecule has 1 aliphatic heterocycles. The summed E-state index contributed by atoms with van der Waals surface area (Å²) < 4.78 is 5.39. The van der Waals surface area contributed by atoms with Gasteiger partial charge in [0.1, 0.15) is 5.69 Å². The van der Waals surface area contributed by atoms with Gasteiger partial charge in [-0.05, 0) is 5.56 Å². The fraction of sp³-hybridized carbons (Fsp3) is 0.353. The second kappa shape index (κ2) is 7.80. The molecule has 2 heterocycles. The number of aromatic nitrogens is 2. The minimum atomic E-state index is -0.208. The van der Waals surface area contributed by atoms with Crippen molar-refractivity contribution in [2.75, 3.05) is 32.8 Å². The van der Waals surface area contributed by atoms with Crippen LogP contribution in [0.3, 0.4) is 0 Å². The van der Waals surface area contributed by atoms with Gasteiger partial charge in [-0.15, -0.1) is 0 Å². The van der Waals surface area contributed by atoms with Crippen molar-refractivity contribution < 1.29 is 9.53 Å². The first-order chi connectivity index (χ1) is 11.3. The van der Waals surface area contributed by atoms with Crippen LogP contribution < -0.4 is 5.32 Å². The lowest BCUT2D eigenvalue weighted by Crippen LogP contribution is -2.43. The molecule has 120 valence electrons. The summed E-state index contributed by atoms with van der Waals surface area (Å²) in [4.78, 5) is 22.7. The topological polar surface area (TPSA) is 67.4 Å². The normalized spacial score (nSPS) is 16.7. The number of carbonyl (C=O) groups is 1. The molecule has 0 aliphatic carbocycles. The van der Waals surface area contributed by atoms with E-state index in [2.05, 4.69) is 20.2 Å². The first kappa shape index (κ1) is 15.6. The molecule has 3 rings (SSSR count). The smallest absolute Gasteiger partial charge is 0.272 e. The number of amides is 1. The number of morpholine rings is 1. The molecule has 1 amide bonds. The number of carbonyl (C=O) groups excluding carboxylic acids is 1. The lowest BCUT2D eigenvalue weighted by Gasteiger charge is -2.31. The number of rotatable bonds is 5. The molecule has 1 N–H and O–H groups in total. The Labute approximate surface area is 135 Å². The molecular formula is C17H20N4O2. The summed E-state index contributed by atoms with van der Waals surface area (Å²) in [6.45, 7) is 3.98. The zero-order valence-electron chi connectivity index (χ0n) is 12.9. The number of ether oxygens (including phenoxy) is 1. The fourth-order valence-corrected chi connectivity index (χ4v) is 2.61. The van der Waals surface area contributed by atoms with E-state index < -0.39 is 0 Å². The van der Waals surface area contributed by atoms with Crippen LogP contribution in [0.1, 0.15) is 22.1 Å². The van der Waals surface area contributed by atoms with Crippen LogP contribution in [0.15, 0.2) is 48.9 Å². The van der Waals surface area contributed by atoms with Crippen LogP contribution >= 0.6 is 0 Å². The summed E-state index contributed by atoms with van der Waals surface area (Å²) in [5.74, 6) is -0.208. The van der Waals surface area contributed by atoms with Gasteiger partial charge in [0.25, 0.3) is 5.91 Å². The average Bonchev–Trinajstić information content (AvgIpc) is 2.63. The van der Waals surface area contributed by atoms with E-state index in [1.165, 1.54) is 12.4 Å². The maximum absolute atomic E-state index is 12.4. The molecule has 1 aliphatic rings. The Morgan fingerprint density at radius 1 is 1.22 bits per heavy atom. The zero-order valence-corrected chi connectivity index (χ0v) is 12.9. The third kappa shape index (κ3) is 4.34. The van der Waals surface area contributed by atoms with Crippen LogP contribution in [0.4, 0.5) is 0 Å². The lowest BCUT2D eigenvalue weighted by molar-refractivity contribution is 0.0332. The van der Waals surface area contributed by atoms with E-state index >= 15 is 0 Å². The molecule has 1 saturated heterocycles. The lowest BCUT2D eigenvalue weighted by atomic mass is 10.1. The maximum Gasteiger partial charge on any atom is 0.272 e. The highest BCUT2D eigenvalue weighted by molar-refractivity contribution is 5.92. The van der Waals surface area contributed by atoms with E-state index in [1.807, 2.05) is 30.3 Å². The van der Waals surface area contributed by atoms with Crippen LogP contribution in [0.5, 0.6) is 0 Å². The molecular weight excluding hydrogens is 292 g/mol. The van der Waals surface area contributed by atoms with Crippen molar-refractivity contribution in [3.05, 3.63) is 60.2 Å². The fourth-order valence-electron chi connectivity index (χ4n) is 2.61. The summed E-state index contributed by atoms with van der Waals surface area (Å²) in [5.41, 5.74) is 1.41. The Morgan fingerprint density at radius 3 is 2.70 bits per heavy atom. The monoisotopic (exact) mass is 312 g/mol. The summed E-state index contributed by atoms with van der Waals surface area (Å²) in [5, 5.41) is 3.07. The minimum absolute atomic E-state index is 0.0937. The van der Waals surface area contributed by atoms with Crippen LogP contribution in [0.25, 0.3) is 0 Å². The molecule has 1 unspecified atom stereocenters. The second-order valence-corrected chi connectivity index (χ2v) is 5.44. The molecule has 2 aromatic rings. The highest BCUT2D eigenvalue weighted by Crippen LogP contribution is 2.15. The summed E-state index contributed by atoms with van der Waals surface area (Å²) in [6, 6.07) is 9.90. The number of benzene rings is 1. The van der Waals surface area contributed by atoms with Gasteiger partial charge in [0, 0.05) is 32.0 Å². The highest BCUT2D eigenvalue weighted by Gasteiger charge is 2.21. The van der Waals surface area contributed by atoms with Crippen molar-refractivity contribution in [2.45, 2.75) is 6.04 Å². The van der Waals surface area contributed by atoms with Gasteiger partial charge in [-0.1, -0.05) is 30.3 Å². The van der Waals surface area contributed by atoms with E-state index in [1.54, 1.807) is 6.20 Å². The van der Waals surface area contributed by atoms with Gasteiger partial charge < -0.3 is 10.1 Å². The van der Waals surface area contributed by atoms with Crippen molar-refractivity contribution in [3.63, 3.8) is 0 Å². The molecule has 0 spiro atoms. The third-order valence-corrected chi connectivity index (χ3v) is 3.85. The maximum atomic E-state index is 12.4. The molecule has 1 atom stereocenters. The van der Waals surface area contributed by atoms with Gasteiger partial charge in [0.05, 0.1) is 25.5 Å². The van der Waals surface area contributed by atoms with Crippen molar-refractivity contribution in [2.24, 2.45) is 0 Å². The van der Waals surface area contributed by atoms with Crippen LogP contribution in [0, 0.1) is 0 Å². The van der Waals surface area contributed by atoms with Crippen molar-refractivity contribution in [1.29, 1.82) is 0 Å². The Hall–Kier alpha value is -2.31. The van der Waals surface area contributed by atoms with Gasteiger partial charge >= 0.3 is 0 Å². The first-order valence-corrected chi connectivity index (χ1v) is 7.75. The van der Waals surface area contributed by atoms with Crippen molar-refractivity contribution in [1.82, 2.24) is 20.2 Å². The first-order valence-electron chi connectivity index (χ1n) is 7.75. The Morgan fingerprint density at radius 2 is 2.00 bits per heavy atom. The molecule has 6 nitrogen and oxygen atoms in total. The predicted molar refractivity (Wildman–Crippen MR) is 85.9 cm³/mol. The highest BCUT2D eigenvalue weighted by atomic mass is 16.5. The molecule has 1 aromatic heterocycles. The Balaban J connectivity index is 1.73. The predicted octanol–water partition coefficient (Wildman–Crippen LogP) is 1.28. The number of hydrogen-bond acceptors (Lipinski definition) is 5. The minimum Gasteiger partial charge on any atom is -0.379 e. The molecule has 1 fully saturated rings. The SMILES string of the molecule is O=C(NC(CN1CCOCC1)c1ccccc1)c1cnccn1. The number of nitrogens with one attached hydrogen (secondary N) is 1. The number of hydrogen-bond donors (Lipinski definition) is 1. The molecule has 23 heavy (non-hydrogen) atoms. The standard InChI is InChI=1S/C17H20N4O2/c22-17(15-12-18-6-7-19-15)20-16(14-4-2-1-3-5-14)13-21-8-10-23-11-9-21/h1-7,12,16H,8-11,13H2,(H,20,22). The van der Waals surface area contributed by atoms with Crippen molar-refractivity contribution >= 4 is 5.91 Å². The molecule has 0 radical (unpaired) electrons. The van der Waals surface area contributed by atoms with Crippen LogP contribution in [-0.2, 0) is 4.74 Å². The van der Waals surface area contributed by atoms with E-state index in [0.29, 0.717) is 5.69 Å². The van der Waals surface area contributed by atoms with Gasteiger partial charge in [0.15, 0.2) is 0 Å². The Kier molecular flexibility index (Phi) is 5.29. The van der Waals surface area contributed by atoms with Gasteiger partial charge in [0.2, 0.25) is 0 Å². The molecule has 1 aromatic carbocycles. The zero-order chi connectivity index (χ0) is 15.9. The van der Waals surface area contributed by atoms with Crippen LogP contribution in [0.2, 0.25) is 0 Å². The summed E-state index contributed by atoms with van der Waals surface area (Å²) in [6.07, 6.45) is 4.56. The van der Waals surface area contributed by atoms with Gasteiger partial charge in [-0.2, -0.15) is 0 Å². The number of nitrogens with zero attached hydrogens (tertiary/aromatic N) is 3. The summed E-state index contributed by atoms with van der Waals surface area (Å²) in [7, 11) is 0. The quantitative estimate of drug-likeness (QED) is 0.901. The molecule has 6 heteroatoms. The average molecular weight is 312 g/mol. The molecule has 0 saturated carbocycles. The van der Waals surface area contributed by atoms with Crippen molar-refractivity contribution in [3.8, 4) is 0 Å². The van der Waals surface area contributed by atoms with Gasteiger partial charge in [-0.3, -0.25) is 14.7 Å². The van der Waals surface area contributed by atoms with E-state index in [9.17, 15) is 4.79 Å². The summed E-state index contributed by atoms with van der Waals surface area (Å²) >= 11 is 0. The van der Waals surface area contributed by atoms with E-state index in [-0.39, 0.29) is 11.9 Å². The van der Waals surface area contributed by atoms with E-state index in [4.69, 9.17) is 4.74 Å². The largest absolute Gasteiger partial charge is 0.379 e. The molecule has 0 bridgehead atoms. The van der Waals surface area contributed by atoms with Gasteiger partial charge in [-0.25, -0.2) is 4.98 Å².